The molecule has 0 spiro atoms. The molecule has 0 aliphatic rings. The SMILES string of the molecule is CCNCc1csc(S(=O)(=O)N(C)CC(C)C)c1. The highest BCUT2D eigenvalue weighted by Gasteiger charge is 2.23. The molecule has 0 atom stereocenters. The van der Waals surface area contributed by atoms with Crippen molar-refractivity contribution in [2.24, 2.45) is 5.92 Å². The zero-order chi connectivity index (χ0) is 13.8. The first kappa shape index (κ1) is 15.6. The Balaban J connectivity index is 2.81. The van der Waals surface area contributed by atoms with E-state index in [1.54, 1.807) is 13.1 Å². The minimum atomic E-state index is -3.31. The van der Waals surface area contributed by atoms with Crippen molar-refractivity contribution in [1.29, 1.82) is 0 Å². The maximum Gasteiger partial charge on any atom is 0.252 e. The zero-order valence-electron chi connectivity index (χ0n) is 11.4. The Hall–Kier alpha value is -0.430. The normalized spacial score (nSPS) is 12.6. The lowest BCUT2D eigenvalue weighted by atomic mass is 10.2. The second-order valence-electron chi connectivity index (χ2n) is 4.73. The van der Waals surface area contributed by atoms with Gasteiger partial charge >= 0.3 is 0 Å². The third-order valence-corrected chi connectivity index (χ3v) is 5.78. The van der Waals surface area contributed by atoms with Crippen LogP contribution in [0.2, 0.25) is 0 Å². The molecular weight excluding hydrogens is 268 g/mol. The lowest BCUT2D eigenvalue weighted by Crippen LogP contribution is -2.29. The summed E-state index contributed by atoms with van der Waals surface area (Å²) in [5.74, 6) is 0.325. The second-order valence-corrected chi connectivity index (χ2v) is 7.92. The molecule has 6 heteroatoms. The van der Waals surface area contributed by atoms with Gasteiger partial charge in [0.25, 0.3) is 10.0 Å². The first-order valence-electron chi connectivity index (χ1n) is 6.12. The number of rotatable bonds is 7. The Labute approximate surface area is 114 Å². The molecule has 0 aliphatic heterocycles. The van der Waals surface area contributed by atoms with Crippen LogP contribution in [-0.4, -0.2) is 32.9 Å². The highest BCUT2D eigenvalue weighted by molar-refractivity contribution is 7.91. The fourth-order valence-corrected chi connectivity index (χ4v) is 4.37. The number of thiophene rings is 1. The second kappa shape index (κ2) is 6.65. The van der Waals surface area contributed by atoms with E-state index in [1.807, 2.05) is 26.2 Å². The van der Waals surface area contributed by atoms with Crippen LogP contribution in [0.15, 0.2) is 15.7 Å². The number of hydrogen-bond donors (Lipinski definition) is 1. The van der Waals surface area contributed by atoms with Crippen LogP contribution in [0.3, 0.4) is 0 Å². The highest BCUT2D eigenvalue weighted by atomic mass is 32.2. The molecule has 1 N–H and O–H groups in total. The average molecular weight is 290 g/mol. The molecule has 4 nitrogen and oxygen atoms in total. The topological polar surface area (TPSA) is 49.4 Å². The van der Waals surface area contributed by atoms with Gasteiger partial charge in [0.2, 0.25) is 0 Å². The van der Waals surface area contributed by atoms with E-state index in [2.05, 4.69) is 5.32 Å². The van der Waals surface area contributed by atoms with Gasteiger partial charge in [-0.3, -0.25) is 0 Å². The summed E-state index contributed by atoms with van der Waals surface area (Å²) < 4.78 is 26.4. The summed E-state index contributed by atoms with van der Waals surface area (Å²) in [6.45, 7) is 8.19. The average Bonchev–Trinajstić information content (AvgIpc) is 2.74. The van der Waals surface area contributed by atoms with Crippen LogP contribution in [0.4, 0.5) is 0 Å². The summed E-state index contributed by atoms with van der Waals surface area (Å²) in [4.78, 5) is 0. The van der Waals surface area contributed by atoms with Crippen LogP contribution in [0.25, 0.3) is 0 Å². The summed E-state index contributed by atoms with van der Waals surface area (Å²) in [5, 5.41) is 5.09. The van der Waals surface area contributed by atoms with E-state index in [4.69, 9.17) is 0 Å². The smallest absolute Gasteiger partial charge is 0.252 e. The van der Waals surface area contributed by atoms with Gasteiger partial charge in [-0.1, -0.05) is 20.8 Å². The van der Waals surface area contributed by atoms with Gasteiger partial charge in [-0.2, -0.15) is 4.31 Å². The lowest BCUT2D eigenvalue weighted by molar-refractivity contribution is 0.418. The van der Waals surface area contributed by atoms with Gasteiger partial charge in [-0.05, 0) is 29.5 Å². The van der Waals surface area contributed by atoms with E-state index in [1.165, 1.54) is 15.6 Å². The van der Waals surface area contributed by atoms with E-state index in [9.17, 15) is 8.42 Å². The molecule has 104 valence electrons. The molecule has 0 radical (unpaired) electrons. The quantitative estimate of drug-likeness (QED) is 0.837. The van der Waals surface area contributed by atoms with Gasteiger partial charge in [-0.25, -0.2) is 8.42 Å². The van der Waals surface area contributed by atoms with Gasteiger partial charge in [-0.15, -0.1) is 11.3 Å². The molecule has 1 rings (SSSR count). The van der Waals surface area contributed by atoms with E-state index in [0.717, 1.165) is 18.7 Å². The van der Waals surface area contributed by atoms with Crippen LogP contribution in [0.5, 0.6) is 0 Å². The number of hydrogen-bond acceptors (Lipinski definition) is 4. The lowest BCUT2D eigenvalue weighted by Gasteiger charge is -2.17. The summed E-state index contributed by atoms with van der Waals surface area (Å²) in [5.41, 5.74) is 1.03. The van der Waals surface area contributed by atoms with Crippen LogP contribution in [-0.2, 0) is 16.6 Å². The molecule has 1 aromatic rings. The van der Waals surface area contributed by atoms with Crippen molar-refractivity contribution in [2.45, 2.75) is 31.5 Å². The Kier molecular flexibility index (Phi) is 5.78. The van der Waals surface area contributed by atoms with Crippen LogP contribution in [0, 0.1) is 5.92 Å². The Morgan fingerprint density at radius 2 is 2.11 bits per heavy atom. The van der Waals surface area contributed by atoms with Gasteiger partial charge in [0.05, 0.1) is 0 Å². The van der Waals surface area contributed by atoms with Gasteiger partial charge < -0.3 is 5.32 Å². The molecule has 0 fully saturated rings. The molecular formula is C12H22N2O2S2. The predicted molar refractivity (Wildman–Crippen MR) is 76.4 cm³/mol. The van der Waals surface area contributed by atoms with E-state index < -0.39 is 10.0 Å². The van der Waals surface area contributed by atoms with Crippen molar-refractivity contribution in [3.63, 3.8) is 0 Å². The first-order chi connectivity index (χ1) is 8.37. The molecule has 0 saturated heterocycles. The summed E-state index contributed by atoms with van der Waals surface area (Å²) >= 11 is 1.29. The molecule has 0 amide bonds. The van der Waals surface area contributed by atoms with Crippen molar-refractivity contribution < 1.29 is 8.42 Å². The number of sulfonamides is 1. The van der Waals surface area contributed by atoms with E-state index in [-0.39, 0.29) is 0 Å². The Morgan fingerprint density at radius 3 is 2.67 bits per heavy atom. The third kappa shape index (κ3) is 4.05. The van der Waals surface area contributed by atoms with Crippen molar-refractivity contribution in [2.75, 3.05) is 20.1 Å². The van der Waals surface area contributed by atoms with E-state index >= 15 is 0 Å². The summed E-state index contributed by atoms with van der Waals surface area (Å²) in [7, 11) is -1.68. The standard InChI is InChI=1S/C12H22N2O2S2/c1-5-13-7-11-6-12(17-9-11)18(15,16)14(4)8-10(2)3/h6,9-10,13H,5,7-8H2,1-4H3. The molecule has 0 aromatic carbocycles. The zero-order valence-corrected chi connectivity index (χ0v) is 13.1. The van der Waals surface area contributed by atoms with Crippen molar-refractivity contribution in [3.05, 3.63) is 17.0 Å². The number of nitrogens with zero attached hydrogens (tertiary/aromatic N) is 1. The fraction of sp³-hybridized carbons (Fsp3) is 0.667. The molecule has 1 aromatic heterocycles. The molecule has 18 heavy (non-hydrogen) atoms. The molecule has 1 heterocycles. The largest absolute Gasteiger partial charge is 0.313 e. The minimum Gasteiger partial charge on any atom is -0.313 e. The first-order valence-corrected chi connectivity index (χ1v) is 8.44. The van der Waals surface area contributed by atoms with Gasteiger partial charge in [0.15, 0.2) is 0 Å². The maximum atomic E-state index is 12.3. The summed E-state index contributed by atoms with van der Waals surface area (Å²) in [6, 6.07) is 1.76. The fourth-order valence-electron chi connectivity index (χ4n) is 1.62. The predicted octanol–water partition coefficient (Wildman–Crippen LogP) is 2.13. The molecule has 0 aliphatic carbocycles. The summed E-state index contributed by atoms with van der Waals surface area (Å²) in [6.07, 6.45) is 0. The van der Waals surface area contributed by atoms with Crippen molar-refractivity contribution >= 4 is 21.4 Å². The van der Waals surface area contributed by atoms with Gasteiger partial charge in [0.1, 0.15) is 4.21 Å². The third-order valence-electron chi connectivity index (χ3n) is 2.50. The Morgan fingerprint density at radius 1 is 1.44 bits per heavy atom. The minimum absolute atomic E-state index is 0.325. The van der Waals surface area contributed by atoms with Crippen LogP contribution in [0.1, 0.15) is 26.3 Å². The Bertz CT molecular complexity index is 466. The highest BCUT2D eigenvalue weighted by Crippen LogP contribution is 2.23. The van der Waals surface area contributed by atoms with Gasteiger partial charge in [0, 0.05) is 20.1 Å². The van der Waals surface area contributed by atoms with Crippen molar-refractivity contribution in [1.82, 2.24) is 9.62 Å². The van der Waals surface area contributed by atoms with E-state index in [0.29, 0.717) is 16.7 Å². The molecule has 0 saturated carbocycles. The molecule has 0 unspecified atom stereocenters. The maximum absolute atomic E-state index is 12.3. The number of nitrogens with one attached hydrogen (secondary N) is 1. The van der Waals surface area contributed by atoms with Crippen molar-refractivity contribution in [3.8, 4) is 0 Å². The van der Waals surface area contributed by atoms with Crippen LogP contribution >= 0.6 is 11.3 Å². The monoisotopic (exact) mass is 290 g/mol. The molecule has 0 bridgehead atoms. The van der Waals surface area contributed by atoms with Crippen LogP contribution < -0.4 is 5.32 Å².